The minimum atomic E-state index is -5.71. The Labute approximate surface area is 495 Å². The Morgan fingerprint density at radius 3 is 1.69 bits per heavy atom. The van der Waals surface area contributed by atoms with E-state index in [2.05, 4.69) is 35.9 Å². The summed E-state index contributed by atoms with van der Waals surface area (Å²) in [4.78, 5) is 53.2. The number of hydrogen-bond acceptors (Lipinski definition) is 22. The highest BCUT2D eigenvalue weighted by atomic mass is 35.5. The molecule has 0 saturated carbocycles. The Morgan fingerprint density at radius 1 is 0.494 bits per heavy atom. The summed E-state index contributed by atoms with van der Waals surface area (Å²) in [7, 11) is -31.3. The Morgan fingerprint density at radius 2 is 1.07 bits per heavy atom. The van der Waals surface area contributed by atoms with Gasteiger partial charge in [-0.05, 0) is 94.5 Å². The van der Waals surface area contributed by atoms with Crippen LogP contribution in [0, 0.1) is 0 Å². The number of hydrogen-bond donors (Lipinski definition) is 10. The molecule has 1 aliphatic rings. The smallest absolute Gasteiger partial charge is 0.298 e. The highest BCUT2D eigenvalue weighted by Crippen LogP contribution is 2.48. The number of nitrogens with one attached hydrogen (secondary N) is 4. The number of nitrogens with zero attached hydrogens (tertiary/aromatic N) is 3. The minimum Gasteiger partial charge on any atom is -0.454 e. The second-order valence-electron chi connectivity index (χ2n) is 18.5. The van der Waals surface area contributed by atoms with Crippen molar-refractivity contribution < 1.29 is 92.1 Å². The van der Waals surface area contributed by atoms with Gasteiger partial charge >= 0.3 is 0 Å². The number of ketones is 2. The van der Waals surface area contributed by atoms with E-state index < -0.39 is 193 Å². The van der Waals surface area contributed by atoms with Gasteiger partial charge in [-0.3, -0.25) is 41.7 Å². The van der Waals surface area contributed by atoms with E-state index >= 15 is 4.79 Å². The van der Waals surface area contributed by atoms with Gasteiger partial charge in [0.05, 0.1) is 49.2 Å². The lowest BCUT2D eigenvalue weighted by molar-refractivity contribution is 0.0993. The summed E-state index contributed by atoms with van der Waals surface area (Å²) < 4.78 is 220. The van der Waals surface area contributed by atoms with Crippen molar-refractivity contribution >= 4 is 129 Å². The monoisotopic (exact) mass is 1320 g/mol. The topological polar surface area (TPSA) is 477 Å². The van der Waals surface area contributed by atoms with Crippen molar-refractivity contribution in [1.82, 2.24) is 19.9 Å². The number of anilines is 6. The van der Waals surface area contributed by atoms with Crippen molar-refractivity contribution in [1.29, 1.82) is 0 Å². The van der Waals surface area contributed by atoms with Crippen molar-refractivity contribution in [3.8, 4) is 33.8 Å². The molecule has 2 aromatic heterocycles. The number of benzene rings is 7. The molecule has 0 fully saturated rings. The lowest BCUT2D eigenvalue weighted by Gasteiger charge is -2.21. The van der Waals surface area contributed by atoms with Crippen molar-refractivity contribution in [2.24, 2.45) is 0 Å². The van der Waals surface area contributed by atoms with Crippen LogP contribution in [0.15, 0.2) is 168 Å². The zero-order chi connectivity index (χ0) is 63.1. The second kappa shape index (κ2) is 22.1. The van der Waals surface area contributed by atoms with E-state index in [0.29, 0.717) is 6.07 Å². The third-order valence-electron chi connectivity index (χ3n) is 12.9. The van der Waals surface area contributed by atoms with E-state index in [9.17, 15) is 87.4 Å². The van der Waals surface area contributed by atoms with Crippen LogP contribution in [-0.4, -0.2) is 109 Å². The van der Waals surface area contributed by atoms with Crippen LogP contribution in [0.5, 0.6) is 11.5 Å². The van der Waals surface area contributed by atoms with Crippen LogP contribution in [-0.2, 0) is 67.1 Å². The first kappa shape index (κ1) is 61.1. The van der Waals surface area contributed by atoms with Gasteiger partial charge in [0.2, 0.25) is 17.2 Å². The van der Waals surface area contributed by atoms with Crippen molar-refractivity contribution in [2.75, 3.05) is 16.0 Å². The number of aromatic amines is 1. The van der Waals surface area contributed by atoms with Gasteiger partial charge in [-0.1, -0.05) is 66.7 Å². The molecule has 0 unspecified atom stereocenters. The summed E-state index contributed by atoms with van der Waals surface area (Å²) in [5.41, 5.74) is -6.65. The zero-order valence-corrected chi connectivity index (χ0v) is 48.4. The zero-order valence-electron chi connectivity index (χ0n) is 42.8. The third kappa shape index (κ3) is 12.5. The summed E-state index contributed by atoms with van der Waals surface area (Å²) in [6.07, 6.45) is -0.612. The molecule has 0 aliphatic heterocycles. The number of rotatable bonds is 17. The van der Waals surface area contributed by atoms with E-state index in [4.69, 9.17) is 16.3 Å². The van der Waals surface area contributed by atoms with Crippen LogP contribution in [0.2, 0.25) is 5.28 Å². The van der Waals surface area contributed by atoms with Gasteiger partial charge in [0.15, 0.2) is 17.3 Å². The molecule has 87 heavy (non-hydrogen) atoms. The van der Waals surface area contributed by atoms with Crippen LogP contribution < -0.4 is 26.2 Å². The summed E-state index contributed by atoms with van der Waals surface area (Å²) in [6, 6.07) is 23.4. The summed E-state index contributed by atoms with van der Waals surface area (Å²) in [5, 5.41) is 6.37. The van der Waals surface area contributed by atoms with Gasteiger partial charge in [0, 0.05) is 29.0 Å². The van der Waals surface area contributed by atoms with Crippen LogP contribution >= 0.6 is 11.6 Å². The fraction of sp³-hybridized carbons (Fsp3) is 0.0196. The van der Waals surface area contributed by atoms with Crippen molar-refractivity contribution in [3.63, 3.8) is 0 Å². The minimum absolute atomic E-state index is 0.0185. The van der Waals surface area contributed by atoms with Gasteiger partial charge < -0.3 is 25.7 Å². The predicted molar refractivity (Wildman–Crippen MR) is 306 cm³/mol. The molecule has 9 aromatic rings. The molecule has 36 heteroatoms. The second-order valence-corrected chi connectivity index (χ2v) is 27.2. The summed E-state index contributed by atoms with van der Waals surface area (Å²) in [6.45, 7) is 0. The van der Waals surface area contributed by atoms with E-state index in [-0.39, 0.29) is 34.0 Å². The quantitative estimate of drug-likeness (QED) is 0.0319. The number of para-hydroxylation sites is 1. The van der Waals surface area contributed by atoms with Crippen LogP contribution in [0.4, 0.5) is 34.6 Å². The molecule has 0 amide bonds. The van der Waals surface area contributed by atoms with Gasteiger partial charge in [-0.2, -0.15) is 65.5 Å². The number of pyridine rings is 1. The number of ether oxygens (including phenoxy) is 1. The standard InChI is InChI=1S/C51H34ClN7O22S6/c52-49-57-50(54-31-10-3-4-11-38(31)84(69,70)71)59-51(58-49)55-33-21-32(39(85(72,73)74)23-40(33)86(75,76)77)53-34-22-37(81-36-17-14-25(20-41(36)87(78,79)80)24-12-15-28(16-13-24)82(63,64)65)46-44-42(30-9-2-1-6-26(30)19-35(60)43(34)44)45(48(62)56-46)47(61)27-7-5-8-29(18-27)83(66,67)68/h1-18,20-23,53H,19H2,(H,56,62)(H,63,64,65)(H,66,67,68)(H,69,70,71)(H,72,73,74)(H,75,76,77)(H,78,79,80)(H2,54,55,57,58,59). The van der Waals surface area contributed by atoms with Gasteiger partial charge in [-0.25, -0.2) is 0 Å². The maximum atomic E-state index is 15.1. The highest BCUT2D eigenvalue weighted by Gasteiger charge is 2.35. The molecule has 0 spiro atoms. The summed E-state index contributed by atoms with van der Waals surface area (Å²) >= 11 is 6.19. The first-order chi connectivity index (χ1) is 40.5. The number of fused-ring (bicyclic) bond motifs is 2. The van der Waals surface area contributed by atoms with Gasteiger partial charge in [0.25, 0.3) is 66.3 Å². The van der Waals surface area contributed by atoms with E-state index in [1.165, 1.54) is 60.7 Å². The summed E-state index contributed by atoms with van der Waals surface area (Å²) in [5.74, 6) is -4.93. The van der Waals surface area contributed by atoms with Gasteiger partial charge in [0.1, 0.15) is 25.3 Å². The fourth-order valence-corrected chi connectivity index (χ4v) is 13.1. The molecule has 10 rings (SSSR count). The third-order valence-corrected chi connectivity index (χ3v) is 18.4. The van der Waals surface area contributed by atoms with Crippen LogP contribution in [0.25, 0.3) is 33.2 Å². The van der Waals surface area contributed by atoms with Crippen LogP contribution in [0.3, 0.4) is 0 Å². The fourth-order valence-electron chi connectivity index (χ4n) is 9.26. The van der Waals surface area contributed by atoms with E-state index in [0.717, 1.165) is 60.7 Å². The average molecular weight is 1320 g/mol. The van der Waals surface area contributed by atoms with Crippen molar-refractivity contribution in [2.45, 2.75) is 35.8 Å². The lowest BCUT2D eigenvalue weighted by atomic mass is 9.89. The van der Waals surface area contributed by atoms with Crippen molar-refractivity contribution in [3.05, 3.63) is 171 Å². The molecule has 2 heterocycles. The number of H-pyrrole nitrogens is 1. The number of carbonyl (C=O) groups is 2. The van der Waals surface area contributed by atoms with E-state index in [1.807, 2.05) is 0 Å². The molecule has 7 aromatic carbocycles. The maximum absolute atomic E-state index is 15.1. The molecule has 0 bridgehead atoms. The number of Topliss-reactive ketones (excluding diaryl/α,β-unsaturated/α-hetero) is 1. The number of aromatic nitrogens is 4. The largest absolute Gasteiger partial charge is 0.454 e. The number of halogens is 1. The molecule has 1 aliphatic carbocycles. The number of carbonyl (C=O) groups excluding carboxylic acids is 2. The van der Waals surface area contributed by atoms with Crippen LogP contribution in [0.1, 0.15) is 31.8 Å². The normalized spacial score (nSPS) is 12.9. The first-order valence-corrected chi connectivity index (χ1v) is 32.9. The molecule has 29 nitrogen and oxygen atoms in total. The Kier molecular flexibility index (Phi) is 15.5. The Balaban J connectivity index is 1.24. The molecule has 10 N–H and O–H groups in total. The predicted octanol–water partition coefficient (Wildman–Crippen LogP) is 7.17. The molecular weight excluding hydrogens is 1290 g/mol. The molecule has 0 saturated heterocycles. The maximum Gasteiger partial charge on any atom is 0.298 e. The van der Waals surface area contributed by atoms with Gasteiger partial charge in [-0.15, -0.1) is 0 Å². The molecular formula is C51H34ClN7O22S6. The lowest BCUT2D eigenvalue weighted by Crippen LogP contribution is -2.21. The molecule has 448 valence electrons. The average Bonchev–Trinajstić information content (AvgIpc) is 1.77. The van der Waals surface area contributed by atoms with E-state index in [1.54, 1.807) is 0 Å². The Hall–Kier alpha value is -8.95. The highest BCUT2D eigenvalue weighted by molar-refractivity contribution is 7.87. The first-order valence-electron chi connectivity index (χ1n) is 23.8. The Bertz CT molecular complexity index is 5290. The molecule has 0 radical (unpaired) electrons. The molecule has 0 atom stereocenters. The SMILES string of the molecule is O=C(c1cccc(S(=O)(=O)O)c1)c1c2c3c(c(Nc4cc(Nc5nc(Cl)nc(Nc6ccccc6S(=O)(=O)O)n5)c(S(=O)(=O)O)cc4S(=O)(=O)O)cc(Oc4ccc(-c5ccc(S(=O)(=O)O)cc5)cc4S(=O)(=O)O)c3[nH]c1=O)C(=O)Cc1ccccc1-2.